The van der Waals surface area contributed by atoms with Gasteiger partial charge in [0, 0.05) is 50.7 Å². The molecule has 0 unspecified atom stereocenters. The van der Waals surface area contributed by atoms with Gasteiger partial charge in [-0.2, -0.15) is 0 Å². The van der Waals surface area contributed by atoms with E-state index in [1.807, 2.05) is 19.1 Å². The van der Waals surface area contributed by atoms with Crippen molar-refractivity contribution in [2.75, 3.05) is 60.0 Å². The van der Waals surface area contributed by atoms with Crippen LogP contribution in [0.15, 0.2) is 33.5 Å². The Labute approximate surface area is 165 Å². The third-order valence-corrected chi connectivity index (χ3v) is 4.93. The van der Waals surface area contributed by atoms with Crippen LogP contribution in [-0.2, 0) is 0 Å². The lowest BCUT2D eigenvalue weighted by atomic mass is 10.1. The van der Waals surface area contributed by atoms with Crippen LogP contribution in [0.3, 0.4) is 0 Å². The van der Waals surface area contributed by atoms with Crippen molar-refractivity contribution in [1.29, 1.82) is 0 Å². The highest BCUT2D eigenvalue weighted by molar-refractivity contribution is 5.96. The normalized spacial score (nSPS) is 15.4. The van der Waals surface area contributed by atoms with E-state index < -0.39 is 5.63 Å². The Hall–Kier alpha value is -2.38. The Balaban J connectivity index is 1.70. The van der Waals surface area contributed by atoms with Crippen LogP contribution in [-0.4, -0.2) is 80.6 Å². The van der Waals surface area contributed by atoms with E-state index in [0.717, 1.165) is 38.0 Å². The molecule has 1 saturated heterocycles. The van der Waals surface area contributed by atoms with Crippen LogP contribution in [0.5, 0.6) is 5.75 Å². The standard InChI is InChI=1S/C21H29N3O4/c1-4-13-27-17-6-5-16-14-18(21(26)28-19(16)15-17)20(25)24-11-9-23(10-12-24)8-7-22(2)3/h5-6,14-15H,4,7-13H2,1-3H3. The van der Waals surface area contributed by atoms with Crippen molar-refractivity contribution in [2.45, 2.75) is 13.3 Å². The highest BCUT2D eigenvalue weighted by atomic mass is 16.5. The monoisotopic (exact) mass is 387 g/mol. The van der Waals surface area contributed by atoms with Gasteiger partial charge in [-0.15, -0.1) is 0 Å². The molecule has 1 aromatic carbocycles. The van der Waals surface area contributed by atoms with Crippen molar-refractivity contribution in [2.24, 2.45) is 0 Å². The zero-order valence-corrected chi connectivity index (χ0v) is 16.9. The molecular formula is C21H29N3O4. The summed E-state index contributed by atoms with van der Waals surface area (Å²) in [5, 5.41) is 0.719. The van der Waals surface area contributed by atoms with Gasteiger partial charge in [0.15, 0.2) is 0 Å². The van der Waals surface area contributed by atoms with Gasteiger partial charge in [0.05, 0.1) is 6.61 Å². The van der Waals surface area contributed by atoms with Crippen molar-refractivity contribution in [3.05, 3.63) is 40.2 Å². The fourth-order valence-corrected chi connectivity index (χ4v) is 3.24. The van der Waals surface area contributed by atoms with E-state index in [4.69, 9.17) is 9.15 Å². The van der Waals surface area contributed by atoms with E-state index in [-0.39, 0.29) is 11.5 Å². The minimum Gasteiger partial charge on any atom is -0.493 e. The first-order chi connectivity index (χ1) is 13.5. The first kappa shape index (κ1) is 20.4. The summed E-state index contributed by atoms with van der Waals surface area (Å²) in [6.45, 7) is 7.48. The van der Waals surface area contributed by atoms with Crippen LogP contribution in [0.25, 0.3) is 11.0 Å². The summed E-state index contributed by atoms with van der Waals surface area (Å²) in [6, 6.07) is 6.98. The number of fused-ring (bicyclic) bond motifs is 1. The maximum absolute atomic E-state index is 12.9. The van der Waals surface area contributed by atoms with Gasteiger partial charge in [-0.1, -0.05) is 6.92 Å². The number of benzene rings is 1. The van der Waals surface area contributed by atoms with Gasteiger partial charge in [-0.25, -0.2) is 4.79 Å². The molecule has 2 heterocycles. The molecule has 0 bridgehead atoms. The predicted octanol–water partition coefficient (Wildman–Crippen LogP) is 1.90. The van der Waals surface area contributed by atoms with E-state index in [0.29, 0.717) is 31.0 Å². The Kier molecular flexibility index (Phi) is 6.70. The van der Waals surface area contributed by atoms with Crippen molar-refractivity contribution in [3.8, 4) is 5.75 Å². The van der Waals surface area contributed by atoms with Crippen LogP contribution in [0.1, 0.15) is 23.7 Å². The first-order valence-corrected chi connectivity index (χ1v) is 9.85. The fraction of sp³-hybridized carbons (Fsp3) is 0.524. The average molecular weight is 387 g/mol. The lowest BCUT2D eigenvalue weighted by Crippen LogP contribution is -2.50. The second kappa shape index (κ2) is 9.21. The van der Waals surface area contributed by atoms with Gasteiger partial charge >= 0.3 is 5.63 Å². The molecule has 152 valence electrons. The SMILES string of the molecule is CCCOc1ccc2cc(C(=O)N3CCN(CCN(C)C)CC3)c(=O)oc2c1. The number of nitrogens with zero attached hydrogens (tertiary/aromatic N) is 3. The van der Waals surface area contributed by atoms with E-state index in [2.05, 4.69) is 23.9 Å². The topological polar surface area (TPSA) is 66.2 Å². The Bertz CT molecular complexity index is 870. The van der Waals surface area contributed by atoms with Gasteiger partial charge in [0.2, 0.25) is 0 Å². The number of piperazine rings is 1. The van der Waals surface area contributed by atoms with E-state index in [9.17, 15) is 9.59 Å². The second-order valence-corrected chi connectivity index (χ2v) is 7.43. The van der Waals surface area contributed by atoms with E-state index >= 15 is 0 Å². The third-order valence-electron chi connectivity index (χ3n) is 4.93. The summed E-state index contributed by atoms with van der Waals surface area (Å²) in [7, 11) is 4.11. The van der Waals surface area contributed by atoms with Gasteiger partial charge in [0.1, 0.15) is 16.9 Å². The number of carbonyl (C=O) groups excluding carboxylic acids is 1. The predicted molar refractivity (Wildman–Crippen MR) is 109 cm³/mol. The lowest BCUT2D eigenvalue weighted by molar-refractivity contribution is 0.0626. The molecule has 0 radical (unpaired) electrons. The van der Waals surface area contributed by atoms with Gasteiger partial charge in [-0.3, -0.25) is 9.69 Å². The average Bonchev–Trinajstić information content (AvgIpc) is 2.70. The highest BCUT2D eigenvalue weighted by Crippen LogP contribution is 2.21. The minimum atomic E-state index is -0.597. The maximum atomic E-state index is 12.9. The number of hydrogen-bond acceptors (Lipinski definition) is 6. The molecule has 0 saturated carbocycles. The molecule has 7 nitrogen and oxygen atoms in total. The molecular weight excluding hydrogens is 358 g/mol. The fourth-order valence-electron chi connectivity index (χ4n) is 3.24. The molecule has 28 heavy (non-hydrogen) atoms. The summed E-state index contributed by atoms with van der Waals surface area (Å²) in [4.78, 5) is 31.5. The van der Waals surface area contributed by atoms with E-state index in [1.165, 1.54) is 0 Å². The molecule has 0 atom stereocenters. The summed E-state index contributed by atoms with van der Waals surface area (Å²) in [6.07, 6.45) is 0.901. The van der Waals surface area contributed by atoms with Crippen LogP contribution in [0.4, 0.5) is 0 Å². The number of amides is 1. The second-order valence-electron chi connectivity index (χ2n) is 7.43. The molecule has 1 fully saturated rings. The van der Waals surface area contributed by atoms with Crippen molar-refractivity contribution in [3.63, 3.8) is 0 Å². The minimum absolute atomic E-state index is 0.0940. The van der Waals surface area contributed by atoms with Gasteiger partial charge < -0.3 is 19.0 Å². The zero-order valence-electron chi connectivity index (χ0n) is 16.9. The number of hydrogen-bond donors (Lipinski definition) is 0. The van der Waals surface area contributed by atoms with Crippen LogP contribution < -0.4 is 10.4 Å². The summed E-state index contributed by atoms with van der Waals surface area (Å²) < 4.78 is 11.0. The maximum Gasteiger partial charge on any atom is 0.349 e. The quantitative estimate of drug-likeness (QED) is 0.676. The van der Waals surface area contributed by atoms with Crippen molar-refractivity contribution >= 4 is 16.9 Å². The number of rotatable bonds is 7. The molecule has 1 amide bonds. The highest BCUT2D eigenvalue weighted by Gasteiger charge is 2.24. The van der Waals surface area contributed by atoms with Crippen LogP contribution >= 0.6 is 0 Å². The Morgan fingerprint density at radius 1 is 1.18 bits per heavy atom. The molecule has 0 spiro atoms. The smallest absolute Gasteiger partial charge is 0.349 e. The lowest BCUT2D eigenvalue weighted by Gasteiger charge is -2.35. The summed E-state index contributed by atoms with van der Waals surface area (Å²) >= 11 is 0. The Morgan fingerprint density at radius 3 is 2.61 bits per heavy atom. The molecule has 1 aliphatic heterocycles. The molecule has 1 aromatic heterocycles. The van der Waals surface area contributed by atoms with Gasteiger partial charge in [-0.05, 0) is 38.7 Å². The third kappa shape index (κ3) is 4.91. The molecule has 0 aliphatic carbocycles. The largest absolute Gasteiger partial charge is 0.493 e. The zero-order chi connectivity index (χ0) is 20.1. The summed E-state index contributed by atoms with van der Waals surface area (Å²) in [5.41, 5.74) is -0.0692. The summed E-state index contributed by atoms with van der Waals surface area (Å²) in [5.74, 6) is 0.402. The first-order valence-electron chi connectivity index (χ1n) is 9.85. The molecule has 1 aliphatic rings. The van der Waals surface area contributed by atoms with Crippen molar-refractivity contribution < 1.29 is 13.9 Å². The van der Waals surface area contributed by atoms with E-state index in [1.54, 1.807) is 17.0 Å². The molecule has 2 aromatic rings. The van der Waals surface area contributed by atoms with Gasteiger partial charge in [0.25, 0.3) is 5.91 Å². The molecule has 3 rings (SSSR count). The number of carbonyl (C=O) groups is 1. The number of ether oxygens (including phenoxy) is 1. The number of likely N-dealkylation sites (N-methyl/N-ethyl adjacent to an activating group) is 1. The van der Waals surface area contributed by atoms with Crippen LogP contribution in [0.2, 0.25) is 0 Å². The molecule has 7 heteroatoms. The van der Waals surface area contributed by atoms with Crippen LogP contribution in [0, 0.1) is 0 Å². The molecule has 0 N–H and O–H groups in total. The Morgan fingerprint density at radius 2 is 1.93 bits per heavy atom. The van der Waals surface area contributed by atoms with Crippen molar-refractivity contribution in [1.82, 2.24) is 14.7 Å².